The predicted octanol–water partition coefficient (Wildman–Crippen LogP) is 3.84. The first kappa shape index (κ1) is 16.7. The van der Waals surface area contributed by atoms with Crippen LogP contribution < -0.4 is 4.57 Å². The van der Waals surface area contributed by atoms with Crippen LogP contribution in [0.25, 0.3) is 16.9 Å². The maximum absolute atomic E-state index is 4.51. The minimum absolute atomic E-state index is 0.414. The van der Waals surface area contributed by atoms with Crippen LogP contribution in [0, 0.1) is 0 Å². The third kappa shape index (κ3) is 3.23. The Bertz CT molecular complexity index is 704. The van der Waals surface area contributed by atoms with E-state index in [4.69, 9.17) is 0 Å². The first-order chi connectivity index (χ1) is 11.8. The van der Waals surface area contributed by atoms with Gasteiger partial charge in [-0.2, -0.15) is 4.57 Å². The van der Waals surface area contributed by atoms with Crippen LogP contribution >= 0.6 is 0 Å². The monoisotopic (exact) mass is 325 g/mol. The minimum atomic E-state index is 0.414. The lowest BCUT2D eigenvalue weighted by molar-refractivity contribution is -0.564. The van der Waals surface area contributed by atoms with Crippen LogP contribution in [0.15, 0.2) is 42.9 Å². The number of hydrogen-bond donors (Lipinski definition) is 0. The molecule has 1 aromatic carbocycles. The van der Waals surface area contributed by atoms with E-state index in [1.54, 1.807) is 0 Å². The van der Waals surface area contributed by atoms with Gasteiger partial charge in [0.25, 0.3) is 5.82 Å². The summed E-state index contributed by atoms with van der Waals surface area (Å²) in [6.45, 7) is 9.04. The normalized spacial score (nSPS) is 17.6. The first-order valence-electron chi connectivity index (χ1n) is 9.26. The summed E-state index contributed by atoms with van der Waals surface area (Å²) in [6.07, 6.45) is 11.6. The summed E-state index contributed by atoms with van der Waals surface area (Å²) in [5, 5.41) is 0. The van der Waals surface area contributed by atoms with Gasteiger partial charge in [-0.3, -0.25) is 0 Å². The minimum Gasteiger partial charge on any atom is -0.333 e. The number of rotatable bonds is 7. The molecular formula is C20H29N4+. The Labute approximate surface area is 145 Å². The molecular weight excluding hydrogens is 296 g/mol. The fourth-order valence-corrected chi connectivity index (χ4v) is 3.36. The van der Waals surface area contributed by atoms with Crippen molar-refractivity contribution in [1.29, 1.82) is 0 Å². The molecule has 3 rings (SSSR count). The van der Waals surface area contributed by atoms with Gasteiger partial charge in [-0.05, 0) is 31.9 Å². The molecule has 1 aliphatic rings. The summed E-state index contributed by atoms with van der Waals surface area (Å²) < 4.78 is 2.29. The second-order valence-corrected chi connectivity index (χ2v) is 6.54. The fourth-order valence-electron chi connectivity index (χ4n) is 3.36. The van der Waals surface area contributed by atoms with E-state index in [2.05, 4.69) is 70.7 Å². The van der Waals surface area contributed by atoms with Gasteiger partial charge in [0.15, 0.2) is 11.7 Å². The van der Waals surface area contributed by atoms with Crippen molar-refractivity contribution in [3.8, 4) is 0 Å². The molecule has 1 atom stereocenters. The van der Waals surface area contributed by atoms with Gasteiger partial charge in [0.1, 0.15) is 11.7 Å². The zero-order chi connectivity index (χ0) is 16.9. The highest BCUT2D eigenvalue weighted by atomic mass is 15.4. The van der Waals surface area contributed by atoms with E-state index in [9.17, 15) is 0 Å². The molecule has 128 valence electrons. The van der Waals surface area contributed by atoms with Crippen molar-refractivity contribution >= 4 is 16.9 Å². The number of unbranched alkanes of at least 4 members (excludes halogenated alkanes) is 2. The number of fused-ring (bicyclic) bond motifs is 1. The van der Waals surface area contributed by atoms with Gasteiger partial charge in [0, 0.05) is 6.54 Å². The molecule has 4 heteroatoms. The molecule has 1 aromatic heterocycles. The molecule has 1 unspecified atom stereocenters. The van der Waals surface area contributed by atoms with Gasteiger partial charge >= 0.3 is 0 Å². The lowest BCUT2D eigenvalue weighted by atomic mass is 10.3. The van der Waals surface area contributed by atoms with Crippen molar-refractivity contribution in [3.05, 3.63) is 42.9 Å². The Morgan fingerprint density at radius 3 is 2.62 bits per heavy atom. The number of hydrogen-bond acceptors (Lipinski definition) is 3. The first-order valence-corrected chi connectivity index (χ1v) is 9.26. The van der Waals surface area contributed by atoms with E-state index < -0.39 is 0 Å². The molecule has 0 aliphatic carbocycles. The van der Waals surface area contributed by atoms with Crippen molar-refractivity contribution in [2.75, 3.05) is 13.1 Å². The highest BCUT2D eigenvalue weighted by Gasteiger charge is 2.36. The molecule has 2 aromatic rings. The lowest BCUT2D eigenvalue weighted by Crippen LogP contribution is -2.45. The van der Waals surface area contributed by atoms with Crippen LogP contribution in [0.4, 0.5) is 0 Å². The smallest absolute Gasteiger partial charge is 0.299 e. The van der Waals surface area contributed by atoms with E-state index in [0.717, 1.165) is 24.1 Å². The molecule has 0 N–H and O–H groups in total. The molecule has 0 fully saturated rings. The molecule has 0 amide bonds. The quantitative estimate of drug-likeness (QED) is 0.723. The molecule has 4 nitrogen and oxygen atoms in total. The fraction of sp³-hybridized carbons (Fsp3) is 0.500. The second kappa shape index (κ2) is 7.65. The topological polar surface area (TPSA) is 23.2 Å². The van der Waals surface area contributed by atoms with E-state index >= 15 is 0 Å². The molecule has 0 spiro atoms. The van der Waals surface area contributed by atoms with Crippen molar-refractivity contribution < 1.29 is 4.57 Å². The van der Waals surface area contributed by atoms with Crippen LogP contribution in [0.3, 0.4) is 0 Å². The van der Waals surface area contributed by atoms with Crippen molar-refractivity contribution in [2.45, 2.75) is 52.6 Å². The largest absolute Gasteiger partial charge is 0.333 e. The van der Waals surface area contributed by atoms with Crippen molar-refractivity contribution in [2.24, 2.45) is 0 Å². The van der Waals surface area contributed by atoms with E-state index in [0.29, 0.717) is 6.17 Å². The molecule has 0 bridgehead atoms. The Morgan fingerprint density at radius 2 is 1.83 bits per heavy atom. The average molecular weight is 325 g/mol. The molecule has 0 saturated carbocycles. The zero-order valence-corrected chi connectivity index (χ0v) is 15.2. The number of benzene rings is 1. The van der Waals surface area contributed by atoms with Gasteiger partial charge < -0.3 is 4.90 Å². The molecule has 0 saturated heterocycles. The van der Waals surface area contributed by atoms with E-state index in [1.807, 2.05) is 12.3 Å². The number of para-hydroxylation sites is 2. The number of nitrogens with zero attached hydrogens (tertiary/aromatic N) is 4. The van der Waals surface area contributed by atoms with Crippen LogP contribution in [0.5, 0.6) is 0 Å². The highest BCUT2D eigenvalue weighted by molar-refractivity contribution is 5.71. The van der Waals surface area contributed by atoms with E-state index in [1.165, 1.54) is 31.5 Å². The maximum Gasteiger partial charge on any atom is 0.299 e. The Balaban J connectivity index is 2.00. The Kier molecular flexibility index (Phi) is 5.34. The average Bonchev–Trinajstić information content (AvgIpc) is 2.93. The van der Waals surface area contributed by atoms with Crippen LogP contribution in [0.1, 0.15) is 46.5 Å². The SMILES string of the molecule is CCCCN1C=C([n+]2ccnc3ccccc32)N(CCCC)C1C. The summed E-state index contributed by atoms with van der Waals surface area (Å²) in [7, 11) is 0. The maximum atomic E-state index is 4.51. The van der Waals surface area contributed by atoms with Crippen LogP contribution in [-0.2, 0) is 0 Å². The zero-order valence-electron chi connectivity index (χ0n) is 15.2. The van der Waals surface area contributed by atoms with Gasteiger partial charge in [0.2, 0.25) is 0 Å². The van der Waals surface area contributed by atoms with E-state index in [-0.39, 0.29) is 0 Å². The second-order valence-electron chi connectivity index (χ2n) is 6.54. The lowest BCUT2D eigenvalue weighted by Gasteiger charge is -2.25. The third-order valence-corrected chi connectivity index (χ3v) is 4.85. The van der Waals surface area contributed by atoms with Crippen LogP contribution in [0.2, 0.25) is 0 Å². The molecule has 0 radical (unpaired) electrons. The van der Waals surface area contributed by atoms with Gasteiger partial charge in [-0.25, -0.2) is 9.88 Å². The summed E-state index contributed by atoms with van der Waals surface area (Å²) in [5.41, 5.74) is 2.20. The van der Waals surface area contributed by atoms with Crippen molar-refractivity contribution in [1.82, 2.24) is 14.8 Å². The van der Waals surface area contributed by atoms with Gasteiger partial charge in [-0.1, -0.05) is 38.8 Å². The summed E-state index contributed by atoms with van der Waals surface area (Å²) in [6, 6.07) is 8.37. The van der Waals surface area contributed by atoms with Crippen LogP contribution in [-0.4, -0.2) is 34.0 Å². The predicted molar refractivity (Wildman–Crippen MR) is 98.9 cm³/mol. The van der Waals surface area contributed by atoms with Crippen molar-refractivity contribution in [3.63, 3.8) is 0 Å². The summed E-state index contributed by atoms with van der Waals surface area (Å²) in [5.74, 6) is 1.27. The molecule has 2 heterocycles. The summed E-state index contributed by atoms with van der Waals surface area (Å²) >= 11 is 0. The summed E-state index contributed by atoms with van der Waals surface area (Å²) in [4.78, 5) is 9.52. The van der Waals surface area contributed by atoms with Gasteiger partial charge in [-0.15, -0.1) is 0 Å². The number of aromatic nitrogens is 2. The Morgan fingerprint density at radius 1 is 1.08 bits per heavy atom. The highest BCUT2D eigenvalue weighted by Crippen LogP contribution is 2.24. The molecule has 1 aliphatic heterocycles. The Hall–Kier alpha value is -2.10. The third-order valence-electron chi connectivity index (χ3n) is 4.85. The van der Waals surface area contributed by atoms with Gasteiger partial charge in [0.05, 0.1) is 18.9 Å². The standard InChI is InChI=1S/C20H29N4/c1-4-6-13-22-16-20(23(17(22)3)14-7-5-2)24-15-12-21-18-10-8-9-11-19(18)24/h8-12,15-17H,4-7,13-14H2,1-3H3/q+1. The molecule has 24 heavy (non-hydrogen) atoms.